The maximum atomic E-state index is 13.2. The molecule has 0 spiro atoms. The lowest BCUT2D eigenvalue weighted by Gasteiger charge is -2.39. The largest absolute Gasteiger partial charge is 0.495 e. The third kappa shape index (κ3) is 6.23. The van der Waals surface area contributed by atoms with Gasteiger partial charge in [-0.25, -0.2) is 0 Å². The van der Waals surface area contributed by atoms with Gasteiger partial charge >= 0.3 is 0 Å². The number of carbonyl (C=O) groups excluding carboxylic acids is 3. The first-order chi connectivity index (χ1) is 16.9. The van der Waals surface area contributed by atoms with E-state index in [-0.39, 0.29) is 30.7 Å². The molecule has 0 bridgehead atoms. The fourth-order valence-corrected chi connectivity index (χ4v) is 4.68. The van der Waals surface area contributed by atoms with Crippen molar-refractivity contribution in [2.75, 3.05) is 63.1 Å². The fourth-order valence-electron chi connectivity index (χ4n) is 4.49. The van der Waals surface area contributed by atoms with Gasteiger partial charge < -0.3 is 25.2 Å². The SMILES string of the molecule is COc1ccccc1N1CCN(CC(=O)N2CCNC(=O)[C@@H]2CC(=O)Nc2cccc(Cl)c2)CC1. The van der Waals surface area contributed by atoms with Crippen LogP contribution >= 0.6 is 11.6 Å². The maximum absolute atomic E-state index is 13.2. The van der Waals surface area contributed by atoms with E-state index in [0.717, 1.165) is 24.5 Å². The molecule has 1 atom stereocenters. The highest BCUT2D eigenvalue weighted by molar-refractivity contribution is 6.30. The number of anilines is 2. The monoisotopic (exact) mass is 499 g/mol. The third-order valence-electron chi connectivity index (χ3n) is 6.30. The van der Waals surface area contributed by atoms with Crippen molar-refractivity contribution in [2.24, 2.45) is 0 Å². The number of carbonyl (C=O) groups is 3. The van der Waals surface area contributed by atoms with Crippen LogP contribution in [0.2, 0.25) is 5.02 Å². The van der Waals surface area contributed by atoms with E-state index in [1.165, 1.54) is 4.90 Å². The molecule has 186 valence electrons. The predicted octanol–water partition coefficient (Wildman–Crippen LogP) is 1.83. The number of nitrogens with zero attached hydrogens (tertiary/aromatic N) is 3. The lowest BCUT2D eigenvalue weighted by molar-refractivity contribution is -0.145. The molecular formula is C25H30ClN5O4. The standard InChI is InChI=1S/C25H30ClN5O4/c1-35-22-8-3-2-7-20(22)30-13-11-29(12-14-30)17-24(33)31-10-9-27-25(34)21(31)16-23(32)28-19-6-4-5-18(26)15-19/h2-8,15,21H,9-14,16-17H2,1H3,(H,27,34)(H,28,32)/t21-/m0/s1. The molecule has 0 unspecified atom stereocenters. The fraction of sp³-hybridized carbons (Fsp3) is 0.400. The van der Waals surface area contributed by atoms with Crippen LogP contribution in [0.1, 0.15) is 6.42 Å². The Labute approximate surface area is 210 Å². The van der Waals surface area contributed by atoms with Crippen LogP contribution in [0.25, 0.3) is 0 Å². The zero-order chi connectivity index (χ0) is 24.8. The lowest BCUT2D eigenvalue weighted by atomic mass is 10.1. The van der Waals surface area contributed by atoms with Gasteiger partial charge in [0.1, 0.15) is 11.8 Å². The molecule has 35 heavy (non-hydrogen) atoms. The van der Waals surface area contributed by atoms with Crippen molar-refractivity contribution in [3.05, 3.63) is 53.6 Å². The quantitative estimate of drug-likeness (QED) is 0.603. The molecule has 2 aliphatic rings. The molecule has 3 amide bonds. The molecule has 10 heteroatoms. The minimum absolute atomic E-state index is 0.119. The Morgan fingerprint density at radius 3 is 2.60 bits per heavy atom. The number of rotatable bonds is 7. The second kappa shape index (κ2) is 11.4. The highest BCUT2D eigenvalue weighted by atomic mass is 35.5. The predicted molar refractivity (Wildman–Crippen MR) is 135 cm³/mol. The van der Waals surface area contributed by atoms with Crippen LogP contribution < -0.4 is 20.3 Å². The van der Waals surface area contributed by atoms with Gasteiger partial charge in [0.25, 0.3) is 0 Å². The van der Waals surface area contributed by atoms with Gasteiger partial charge in [-0.05, 0) is 30.3 Å². The zero-order valence-corrected chi connectivity index (χ0v) is 20.5. The van der Waals surface area contributed by atoms with E-state index in [4.69, 9.17) is 16.3 Å². The van der Waals surface area contributed by atoms with Crippen LogP contribution in [-0.2, 0) is 14.4 Å². The van der Waals surface area contributed by atoms with Crippen molar-refractivity contribution in [1.29, 1.82) is 0 Å². The number of para-hydroxylation sites is 2. The number of piperazine rings is 2. The lowest BCUT2D eigenvalue weighted by Crippen LogP contribution is -2.60. The molecule has 4 rings (SSSR count). The van der Waals surface area contributed by atoms with Crippen molar-refractivity contribution in [3.63, 3.8) is 0 Å². The van der Waals surface area contributed by atoms with Gasteiger partial charge in [-0.15, -0.1) is 0 Å². The molecular weight excluding hydrogens is 470 g/mol. The first-order valence-corrected chi connectivity index (χ1v) is 12.1. The number of hydrogen-bond acceptors (Lipinski definition) is 6. The molecule has 2 N–H and O–H groups in total. The van der Waals surface area contributed by atoms with E-state index in [2.05, 4.69) is 20.4 Å². The molecule has 2 aromatic carbocycles. The maximum Gasteiger partial charge on any atom is 0.243 e. The van der Waals surface area contributed by atoms with Crippen LogP contribution in [0.3, 0.4) is 0 Å². The Kier molecular flexibility index (Phi) is 8.09. The van der Waals surface area contributed by atoms with Crippen molar-refractivity contribution in [3.8, 4) is 5.75 Å². The van der Waals surface area contributed by atoms with Gasteiger partial charge in [0.05, 0.1) is 25.8 Å². The van der Waals surface area contributed by atoms with Crippen molar-refractivity contribution in [1.82, 2.24) is 15.1 Å². The Morgan fingerprint density at radius 1 is 1.09 bits per heavy atom. The summed E-state index contributed by atoms with van der Waals surface area (Å²) >= 11 is 5.98. The smallest absolute Gasteiger partial charge is 0.243 e. The first-order valence-electron chi connectivity index (χ1n) is 11.7. The molecule has 2 aliphatic heterocycles. The summed E-state index contributed by atoms with van der Waals surface area (Å²) in [6, 6.07) is 13.9. The van der Waals surface area contributed by atoms with E-state index in [1.54, 1.807) is 31.4 Å². The number of methoxy groups -OCH3 is 1. The molecule has 0 aliphatic carbocycles. The molecule has 0 saturated carbocycles. The van der Waals surface area contributed by atoms with Gasteiger partial charge in [0.15, 0.2) is 0 Å². The van der Waals surface area contributed by atoms with E-state index >= 15 is 0 Å². The van der Waals surface area contributed by atoms with Crippen molar-refractivity contribution >= 4 is 40.7 Å². The van der Waals surface area contributed by atoms with E-state index < -0.39 is 6.04 Å². The summed E-state index contributed by atoms with van der Waals surface area (Å²) < 4.78 is 5.47. The first kappa shape index (κ1) is 24.8. The zero-order valence-electron chi connectivity index (χ0n) is 19.7. The van der Waals surface area contributed by atoms with Crippen LogP contribution in [0, 0.1) is 0 Å². The summed E-state index contributed by atoms with van der Waals surface area (Å²) in [5, 5.41) is 6.02. The number of nitrogens with one attached hydrogen (secondary N) is 2. The molecule has 2 aromatic rings. The number of halogens is 1. The molecule has 2 saturated heterocycles. The summed E-state index contributed by atoms with van der Waals surface area (Å²) in [6.07, 6.45) is -0.119. The van der Waals surface area contributed by atoms with Crippen molar-refractivity contribution < 1.29 is 19.1 Å². The van der Waals surface area contributed by atoms with Gasteiger partial charge in [-0.2, -0.15) is 0 Å². The summed E-state index contributed by atoms with van der Waals surface area (Å²) in [5.74, 6) is 0.0192. The van der Waals surface area contributed by atoms with Gasteiger partial charge in [0, 0.05) is 50.0 Å². The number of hydrogen-bond donors (Lipinski definition) is 2. The third-order valence-corrected chi connectivity index (χ3v) is 6.53. The Balaban J connectivity index is 1.33. The van der Waals surface area contributed by atoms with Crippen LogP contribution in [0.5, 0.6) is 5.75 Å². The molecule has 2 fully saturated rings. The van der Waals surface area contributed by atoms with E-state index in [1.807, 2.05) is 24.3 Å². The minimum Gasteiger partial charge on any atom is -0.495 e. The Morgan fingerprint density at radius 2 is 1.86 bits per heavy atom. The van der Waals surface area contributed by atoms with Gasteiger partial charge in [-0.3, -0.25) is 19.3 Å². The van der Waals surface area contributed by atoms with E-state index in [9.17, 15) is 14.4 Å². The van der Waals surface area contributed by atoms with Crippen LogP contribution in [0.15, 0.2) is 48.5 Å². The highest BCUT2D eigenvalue weighted by Crippen LogP contribution is 2.28. The van der Waals surface area contributed by atoms with E-state index in [0.29, 0.717) is 36.9 Å². The summed E-state index contributed by atoms with van der Waals surface area (Å²) in [7, 11) is 1.66. The van der Waals surface area contributed by atoms with Crippen molar-refractivity contribution in [2.45, 2.75) is 12.5 Å². The molecule has 0 aromatic heterocycles. The number of amides is 3. The highest BCUT2D eigenvalue weighted by Gasteiger charge is 2.35. The van der Waals surface area contributed by atoms with Crippen LogP contribution in [0.4, 0.5) is 11.4 Å². The Bertz CT molecular complexity index is 1070. The Hall–Kier alpha value is -3.30. The average molecular weight is 500 g/mol. The second-order valence-electron chi connectivity index (χ2n) is 8.59. The van der Waals surface area contributed by atoms with Gasteiger partial charge in [-0.1, -0.05) is 29.8 Å². The summed E-state index contributed by atoms with van der Waals surface area (Å²) in [5.41, 5.74) is 1.59. The molecule has 9 nitrogen and oxygen atoms in total. The summed E-state index contributed by atoms with van der Waals surface area (Å²) in [4.78, 5) is 44.2. The van der Waals surface area contributed by atoms with Crippen LogP contribution in [-0.4, -0.2) is 86.5 Å². The molecule has 2 heterocycles. The number of benzene rings is 2. The van der Waals surface area contributed by atoms with Gasteiger partial charge in [0.2, 0.25) is 17.7 Å². The molecule has 0 radical (unpaired) electrons. The minimum atomic E-state index is -0.842. The normalized spacial score (nSPS) is 18.7. The average Bonchev–Trinajstić information content (AvgIpc) is 2.85. The second-order valence-corrected chi connectivity index (χ2v) is 9.03. The summed E-state index contributed by atoms with van der Waals surface area (Å²) in [6.45, 7) is 3.91. The number of ether oxygens (including phenoxy) is 1. The topological polar surface area (TPSA) is 94.2 Å².